The molecule has 0 aliphatic heterocycles. The largest absolute Gasteiger partial charge is 0.497 e. The highest BCUT2D eigenvalue weighted by Gasteiger charge is 2.21. The molecule has 0 bridgehead atoms. The minimum absolute atomic E-state index is 0.106. The Kier molecular flexibility index (Phi) is 4.85. The van der Waals surface area contributed by atoms with Crippen molar-refractivity contribution in [3.63, 3.8) is 0 Å². The number of benzene rings is 1. The van der Waals surface area contributed by atoms with E-state index in [-0.39, 0.29) is 18.1 Å². The van der Waals surface area contributed by atoms with E-state index in [2.05, 4.69) is 5.16 Å². The van der Waals surface area contributed by atoms with Gasteiger partial charge in [0.2, 0.25) is 5.76 Å². The molecular weight excluding hydrogens is 324 g/mol. The first-order valence-electron chi connectivity index (χ1n) is 7.66. The molecule has 0 aliphatic rings. The molecule has 1 unspecified atom stereocenters. The third-order valence-electron chi connectivity index (χ3n) is 3.77. The van der Waals surface area contributed by atoms with Crippen LogP contribution in [0.25, 0.3) is 11.5 Å². The molecule has 0 spiro atoms. The number of aliphatic hydroxyl groups excluding tert-OH is 1. The van der Waals surface area contributed by atoms with Crippen molar-refractivity contribution in [1.82, 2.24) is 10.1 Å². The number of carbonyl (C=O) groups is 1. The lowest BCUT2D eigenvalue weighted by Gasteiger charge is -2.20. The molecule has 0 fully saturated rings. The summed E-state index contributed by atoms with van der Waals surface area (Å²) in [4.78, 5) is 13.8. The van der Waals surface area contributed by atoms with Crippen molar-refractivity contribution in [3.05, 3.63) is 60.0 Å². The fraction of sp³-hybridized carbons (Fsp3) is 0.222. The third-order valence-corrected chi connectivity index (χ3v) is 3.77. The normalized spacial score (nSPS) is 12.0. The molecule has 2 aromatic heterocycles. The van der Waals surface area contributed by atoms with Crippen LogP contribution in [0.3, 0.4) is 0 Å². The molecule has 0 saturated carbocycles. The zero-order valence-corrected chi connectivity index (χ0v) is 13.9. The van der Waals surface area contributed by atoms with Crippen molar-refractivity contribution < 1.29 is 23.6 Å². The van der Waals surface area contributed by atoms with E-state index < -0.39 is 6.10 Å². The van der Waals surface area contributed by atoms with Crippen LogP contribution in [-0.4, -0.2) is 41.8 Å². The Morgan fingerprint density at radius 3 is 2.84 bits per heavy atom. The number of nitrogens with zero attached hydrogens (tertiary/aromatic N) is 2. The number of hydrogen-bond donors (Lipinski definition) is 1. The smallest absolute Gasteiger partial charge is 0.275 e. The standard InChI is InChI=1S/C18H18N2O5/c1-20(11-15(21)12-5-3-6-13(9-12)23-2)18(22)14-10-17(25-19-14)16-7-4-8-24-16/h3-10,15,21H,11H2,1-2H3. The number of aromatic nitrogens is 1. The van der Waals surface area contributed by atoms with Gasteiger partial charge in [-0.15, -0.1) is 0 Å². The second kappa shape index (κ2) is 7.23. The zero-order valence-electron chi connectivity index (χ0n) is 13.9. The topological polar surface area (TPSA) is 88.9 Å². The minimum atomic E-state index is -0.847. The van der Waals surface area contributed by atoms with Gasteiger partial charge >= 0.3 is 0 Å². The molecule has 130 valence electrons. The Hall–Kier alpha value is -3.06. The summed E-state index contributed by atoms with van der Waals surface area (Å²) in [5.74, 6) is 1.15. The Bertz CT molecular complexity index is 841. The van der Waals surface area contributed by atoms with Crippen molar-refractivity contribution in [2.45, 2.75) is 6.10 Å². The molecule has 3 rings (SSSR count). The molecule has 1 amide bonds. The average molecular weight is 342 g/mol. The van der Waals surface area contributed by atoms with Gasteiger partial charge in [-0.25, -0.2) is 0 Å². The predicted octanol–water partition coefficient (Wildman–Crippen LogP) is 2.75. The van der Waals surface area contributed by atoms with Gasteiger partial charge in [-0.2, -0.15) is 0 Å². The van der Waals surface area contributed by atoms with Crippen molar-refractivity contribution in [1.29, 1.82) is 0 Å². The SMILES string of the molecule is COc1cccc(C(O)CN(C)C(=O)c2cc(-c3ccco3)on2)c1. The van der Waals surface area contributed by atoms with Gasteiger partial charge in [-0.1, -0.05) is 17.3 Å². The maximum absolute atomic E-state index is 12.5. The van der Waals surface area contributed by atoms with Crippen LogP contribution in [0.15, 0.2) is 57.7 Å². The van der Waals surface area contributed by atoms with Crippen LogP contribution in [0.4, 0.5) is 0 Å². The molecule has 2 heterocycles. The highest BCUT2D eigenvalue weighted by atomic mass is 16.5. The molecule has 7 nitrogen and oxygen atoms in total. The molecule has 1 aromatic carbocycles. The van der Waals surface area contributed by atoms with Gasteiger partial charge in [0, 0.05) is 13.1 Å². The fourth-order valence-electron chi connectivity index (χ4n) is 2.40. The van der Waals surface area contributed by atoms with Gasteiger partial charge in [0.15, 0.2) is 11.5 Å². The molecule has 3 aromatic rings. The van der Waals surface area contributed by atoms with Crippen molar-refractivity contribution in [2.75, 3.05) is 20.7 Å². The summed E-state index contributed by atoms with van der Waals surface area (Å²) in [5.41, 5.74) is 0.808. The van der Waals surface area contributed by atoms with Crippen LogP contribution in [0.1, 0.15) is 22.2 Å². The number of carbonyl (C=O) groups excluding carboxylic acids is 1. The van der Waals surface area contributed by atoms with Crippen molar-refractivity contribution in [2.24, 2.45) is 0 Å². The number of methoxy groups -OCH3 is 1. The minimum Gasteiger partial charge on any atom is -0.497 e. The summed E-state index contributed by atoms with van der Waals surface area (Å²) in [7, 11) is 3.15. The Morgan fingerprint density at radius 1 is 1.28 bits per heavy atom. The zero-order chi connectivity index (χ0) is 17.8. The molecule has 0 radical (unpaired) electrons. The molecular formula is C18H18N2O5. The van der Waals surface area contributed by atoms with Crippen LogP contribution >= 0.6 is 0 Å². The second-order valence-electron chi connectivity index (χ2n) is 5.53. The van der Waals surface area contributed by atoms with Crippen molar-refractivity contribution >= 4 is 5.91 Å². The summed E-state index contributed by atoms with van der Waals surface area (Å²) < 4.78 is 15.5. The summed E-state index contributed by atoms with van der Waals surface area (Å²) in [5, 5.41) is 14.1. The number of amides is 1. The number of aliphatic hydroxyl groups is 1. The maximum Gasteiger partial charge on any atom is 0.275 e. The number of ether oxygens (including phenoxy) is 1. The summed E-state index contributed by atoms with van der Waals surface area (Å²) in [6.45, 7) is 0.106. The Morgan fingerprint density at radius 2 is 2.12 bits per heavy atom. The van der Waals surface area contributed by atoms with Crippen LogP contribution in [-0.2, 0) is 0 Å². The first-order chi connectivity index (χ1) is 12.1. The van der Waals surface area contributed by atoms with E-state index in [1.54, 1.807) is 50.6 Å². The van der Waals surface area contributed by atoms with E-state index in [9.17, 15) is 9.90 Å². The van der Waals surface area contributed by atoms with Crippen LogP contribution in [0, 0.1) is 0 Å². The first kappa shape index (κ1) is 16.8. The monoisotopic (exact) mass is 342 g/mol. The van der Waals surface area contributed by atoms with Crippen LogP contribution in [0.5, 0.6) is 5.75 Å². The lowest BCUT2D eigenvalue weighted by molar-refractivity contribution is 0.0671. The summed E-state index contributed by atoms with van der Waals surface area (Å²) in [6, 6.07) is 12.0. The fourth-order valence-corrected chi connectivity index (χ4v) is 2.40. The summed E-state index contributed by atoms with van der Waals surface area (Å²) in [6.07, 6.45) is 0.663. The van der Waals surface area contributed by atoms with E-state index in [0.717, 1.165) is 0 Å². The lowest BCUT2D eigenvalue weighted by atomic mass is 10.1. The molecule has 0 saturated heterocycles. The predicted molar refractivity (Wildman–Crippen MR) is 89.1 cm³/mol. The van der Waals surface area contributed by atoms with E-state index in [1.165, 1.54) is 17.2 Å². The maximum atomic E-state index is 12.5. The van der Waals surface area contributed by atoms with Gasteiger partial charge in [0.1, 0.15) is 5.75 Å². The van der Waals surface area contributed by atoms with Gasteiger partial charge in [-0.3, -0.25) is 4.79 Å². The van der Waals surface area contributed by atoms with Gasteiger partial charge in [-0.05, 0) is 29.8 Å². The van der Waals surface area contributed by atoms with E-state index in [1.807, 2.05) is 0 Å². The third kappa shape index (κ3) is 3.72. The highest BCUT2D eigenvalue weighted by Crippen LogP contribution is 2.22. The summed E-state index contributed by atoms with van der Waals surface area (Å²) >= 11 is 0. The molecule has 0 aliphatic carbocycles. The Balaban J connectivity index is 1.68. The molecule has 1 atom stereocenters. The quantitative estimate of drug-likeness (QED) is 0.741. The second-order valence-corrected chi connectivity index (χ2v) is 5.53. The first-order valence-corrected chi connectivity index (χ1v) is 7.66. The molecule has 7 heteroatoms. The lowest BCUT2D eigenvalue weighted by Crippen LogP contribution is -2.31. The number of rotatable bonds is 6. The molecule has 25 heavy (non-hydrogen) atoms. The Labute approximate surface area is 144 Å². The van der Waals surface area contributed by atoms with E-state index >= 15 is 0 Å². The highest BCUT2D eigenvalue weighted by molar-refractivity contribution is 5.92. The number of furan rings is 1. The average Bonchev–Trinajstić information content (AvgIpc) is 3.32. The number of likely N-dealkylation sites (N-methyl/N-ethyl adjacent to an activating group) is 1. The molecule has 1 N–H and O–H groups in total. The van der Waals surface area contributed by atoms with Crippen LogP contribution < -0.4 is 4.74 Å². The number of hydrogen-bond acceptors (Lipinski definition) is 6. The van der Waals surface area contributed by atoms with E-state index in [0.29, 0.717) is 22.8 Å². The van der Waals surface area contributed by atoms with Gasteiger partial charge < -0.3 is 23.7 Å². The van der Waals surface area contributed by atoms with E-state index in [4.69, 9.17) is 13.7 Å². The van der Waals surface area contributed by atoms with Gasteiger partial charge in [0.25, 0.3) is 5.91 Å². The van der Waals surface area contributed by atoms with Crippen LogP contribution in [0.2, 0.25) is 0 Å². The van der Waals surface area contributed by atoms with Gasteiger partial charge in [0.05, 0.1) is 26.0 Å². The van der Waals surface area contributed by atoms with Crippen molar-refractivity contribution in [3.8, 4) is 17.3 Å².